The lowest BCUT2D eigenvalue weighted by molar-refractivity contribution is -0.274. The van der Waals surface area contributed by atoms with Gasteiger partial charge in [0, 0.05) is 12.7 Å². The smallest absolute Gasteiger partial charge is 0.406 e. The molecular weight excluding hydrogens is 365 g/mol. The summed E-state index contributed by atoms with van der Waals surface area (Å²) in [6.45, 7) is 2.73. The molecule has 1 unspecified atom stereocenters. The first-order valence-electron chi connectivity index (χ1n) is 8.29. The summed E-state index contributed by atoms with van der Waals surface area (Å²) in [7, 11) is 0. The molecule has 1 aliphatic rings. The van der Waals surface area contributed by atoms with Crippen molar-refractivity contribution in [1.82, 2.24) is 15.1 Å². The van der Waals surface area contributed by atoms with E-state index in [0.29, 0.717) is 16.6 Å². The molecule has 140 valence electrons. The first-order valence-corrected chi connectivity index (χ1v) is 8.70. The highest BCUT2D eigenvalue weighted by Crippen LogP contribution is 2.42. The van der Waals surface area contributed by atoms with Gasteiger partial charge in [-0.3, -0.25) is 4.68 Å². The van der Waals surface area contributed by atoms with Gasteiger partial charge < -0.3 is 15.4 Å². The molecule has 5 nitrogen and oxygen atoms in total. The Labute approximate surface area is 154 Å². The summed E-state index contributed by atoms with van der Waals surface area (Å²) in [5.41, 5.74) is 1.47. The number of nitrogens with zero attached hydrogens (tertiary/aromatic N) is 2. The first kappa shape index (κ1) is 18.5. The van der Waals surface area contributed by atoms with Crippen LogP contribution in [0.25, 0.3) is 0 Å². The fourth-order valence-corrected chi connectivity index (χ4v) is 2.96. The number of benzene rings is 1. The third kappa shape index (κ3) is 5.10. The normalized spacial score (nSPS) is 15.4. The lowest BCUT2D eigenvalue weighted by Gasteiger charge is -2.21. The zero-order valence-corrected chi connectivity index (χ0v) is 14.9. The molecule has 1 aromatic heterocycles. The van der Waals surface area contributed by atoms with E-state index in [4.69, 9.17) is 12.2 Å². The Bertz CT molecular complexity index is 773. The van der Waals surface area contributed by atoms with Crippen LogP contribution in [0.5, 0.6) is 5.75 Å². The Morgan fingerprint density at radius 3 is 2.81 bits per heavy atom. The number of rotatable bonds is 6. The van der Waals surface area contributed by atoms with E-state index in [1.54, 1.807) is 23.0 Å². The van der Waals surface area contributed by atoms with E-state index >= 15 is 0 Å². The van der Waals surface area contributed by atoms with Gasteiger partial charge in [0.2, 0.25) is 0 Å². The highest BCUT2D eigenvalue weighted by Gasteiger charge is 2.34. The molecule has 0 aliphatic heterocycles. The average Bonchev–Trinajstić information content (AvgIpc) is 3.30. The Hall–Kier alpha value is -2.29. The number of thiocarbonyl (C=S) groups is 1. The minimum absolute atomic E-state index is 0.173. The molecule has 1 fully saturated rings. The number of anilines is 1. The third-order valence-electron chi connectivity index (χ3n) is 4.05. The number of ether oxygens (including phenoxy) is 1. The summed E-state index contributed by atoms with van der Waals surface area (Å²) in [6.07, 6.45) is 0.785. The largest absolute Gasteiger partial charge is 0.573 e. The van der Waals surface area contributed by atoms with Gasteiger partial charge in [-0.05, 0) is 55.6 Å². The second-order valence-corrected chi connectivity index (χ2v) is 6.53. The maximum atomic E-state index is 12.5. The van der Waals surface area contributed by atoms with Crippen molar-refractivity contribution in [1.29, 1.82) is 0 Å². The highest BCUT2D eigenvalue weighted by molar-refractivity contribution is 7.80. The topological polar surface area (TPSA) is 51.1 Å². The highest BCUT2D eigenvalue weighted by atomic mass is 32.1. The number of nitrogens with one attached hydrogen (secondary N) is 2. The van der Waals surface area contributed by atoms with Crippen LogP contribution in [-0.4, -0.2) is 21.3 Å². The molecule has 1 aromatic carbocycles. The monoisotopic (exact) mass is 384 g/mol. The summed E-state index contributed by atoms with van der Waals surface area (Å²) >= 11 is 5.35. The molecule has 0 amide bonds. The van der Waals surface area contributed by atoms with Crippen LogP contribution in [0.15, 0.2) is 36.7 Å². The van der Waals surface area contributed by atoms with E-state index in [0.717, 1.165) is 25.1 Å². The van der Waals surface area contributed by atoms with E-state index in [1.807, 2.05) is 13.1 Å². The van der Waals surface area contributed by atoms with E-state index < -0.39 is 6.36 Å². The van der Waals surface area contributed by atoms with Crippen LogP contribution in [0.1, 0.15) is 31.4 Å². The average molecular weight is 384 g/mol. The molecule has 9 heteroatoms. The van der Waals surface area contributed by atoms with Gasteiger partial charge in [0.1, 0.15) is 5.75 Å². The second-order valence-electron chi connectivity index (χ2n) is 6.12. The Balaban J connectivity index is 1.69. The van der Waals surface area contributed by atoms with Crippen molar-refractivity contribution in [2.75, 3.05) is 5.32 Å². The van der Waals surface area contributed by atoms with Gasteiger partial charge in [-0.25, -0.2) is 0 Å². The van der Waals surface area contributed by atoms with Crippen LogP contribution < -0.4 is 15.4 Å². The van der Waals surface area contributed by atoms with Crippen LogP contribution in [-0.2, 0) is 6.54 Å². The van der Waals surface area contributed by atoms with E-state index in [1.165, 1.54) is 12.1 Å². The van der Waals surface area contributed by atoms with Crippen molar-refractivity contribution in [2.45, 2.75) is 38.7 Å². The summed E-state index contributed by atoms with van der Waals surface area (Å²) in [5, 5.41) is 10.8. The lowest BCUT2D eigenvalue weighted by Crippen LogP contribution is -2.33. The molecule has 2 N–H and O–H groups in total. The zero-order valence-electron chi connectivity index (χ0n) is 14.1. The number of aromatic nitrogens is 2. The first-order chi connectivity index (χ1) is 12.3. The number of alkyl halides is 3. The van der Waals surface area contributed by atoms with Crippen molar-refractivity contribution < 1.29 is 17.9 Å². The van der Waals surface area contributed by atoms with Gasteiger partial charge in [0.15, 0.2) is 5.11 Å². The number of hydrogen-bond acceptors (Lipinski definition) is 3. The number of aryl methyl sites for hydroxylation is 1. The van der Waals surface area contributed by atoms with Crippen molar-refractivity contribution in [3.05, 3.63) is 42.2 Å². The summed E-state index contributed by atoms with van der Waals surface area (Å²) < 4.78 is 43.1. The summed E-state index contributed by atoms with van der Waals surface area (Å²) in [6, 6.07) is 5.84. The van der Waals surface area contributed by atoms with Gasteiger partial charge in [0.25, 0.3) is 0 Å². The minimum Gasteiger partial charge on any atom is -0.406 e. The van der Waals surface area contributed by atoms with Crippen molar-refractivity contribution in [3.63, 3.8) is 0 Å². The molecular formula is C17H19F3N4OS. The van der Waals surface area contributed by atoms with Gasteiger partial charge in [0.05, 0.1) is 17.9 Å². The molecule has 0 radical (unpaired) electrons. The van der Waals surface area contributed by atoms with Crippen LogP contribution >= 0.6 is 12.2 Å². The minimum atomic E-state index is -4.71. The SMILES string of the molecule is CCn1cc(NC(=S)NC(c2cccc(OC(F)(F)F)c2)C2CC2)cn1. The zero-order chi connectivity index (χ0) is 18.7. The van der Waals surface area contributed by atoms with Gasteiger partial charge >= 0.3 is 6.36 Å². The van der Waals surface area contributed by atoms with Gasteiger partial charge in [-0.1, -0.05) is 12.1 Å². The second kappa shape index (κ2) is 7.53. The van der Waals surface area contributed by atoms with Crippen LogP contribution in [0.2, 0.25) is 0 Å². The fourth-order valence-electron chi connectivity index (χ4n) is 2.72. The Morgan fingerprint density at radius 1 is 1.42 bits per heavy atom. The van der Waals surface area contributed by atoms with Crippen molar-refractivity contribution >= 4 is 23.0 Å². The lowest BCUT2D eigenvalue weighted by atomic mass is 10.0. The van der Waals surface area contributed by atoms with Crippen LogP contribution in [0.3, 0.4) is 0 Å². The Kier molecular flexibility index (Phi) is 5.36. The molecule has 0 saturated heterocycles. The van der Waals surface area contributed by atoms with Crippen molar-refractivity contribution in [3.8, 4) is 5.75 Å². The van der Waals surface area contributed by atoms with Crippen LogP contribution in [0.4, 0.5) is 18.9 Å². The van der Waals surface area contributed by atoms with E-state index in [-0.39, 0.29) is 11.8 Å². The molecule has 3 rings (SSSR count). The molecule has 1 saturated carbocycles. The quantitative estimate of drug-likeness (QED) is 0.730. The van der Waals surface area contributed by atoms with Gasteiger partial charge in [-0.15, -0.1) is 13.2 Å². The molecule has 2 aromatic rings. The number of halogens is 3. The van der Waals surface area contributed by atoms with Gasteiger partial charge in [-0.2, -0.15) is 5.10 Å². The maximum Gasteiger partial charge on any atom is 0.573 e. The molecule has 0 bridgehead atoms. The third-order valence-corrected chi connectivity index (χ3v) is 4.27. The van der Waals surface area contributed by atoms with E-state index in [9.17, 15) is 13.2 Å². The molecule has 0 spiro atoms. The molecule has 1 heterocycles. The Morgan fingerprint density at radius 2 is 2.19 bits per heavy atom. The number of hydrogen-bond donors (Lipinski definition) is 2. The van der Waals surface area contributed by atoms with Crippen molar-refractivity contribution in [2.24, 2.45) is 5.92 Å². The van der Waals surface area contributed by atoms with E-state index in [2.05, 4.69) is 20.5 Å². The molecule has 26 heavy (non-hydrogen) atoms. The maximum absolute atomic E-state index is 12.5. The molecule has 1 aliphatic carbocycles. The summed E-state index contributed by atoms with van der Waals surface area (Å²) in [4.78, 5) is 0. The fraction of sp³-hybridized carbons (Fsp3) is 0.412. The standard InChI is InChI=1S/C17H19F3N4OS/c1-2-24-10-13(9-21-24)22-16(26)23-15(11-6-7-11)12-4-3-5-14(8-12)25-17(18,19)20/h3-5,8-11,15H,2,6-7H2,1H3,(H2,22,23,26). The molecule has 1 atom stereocenters. The predicted octanol–water partition coefficient (Wildman–Crippen LogP) is 4.24. The predicted molar refractivity (Wildman–Crippen MR) is 95.8 cm³/mol. The summed E-state index contributed by atoms with van der Waals surface area (Å²) in [5.74, 6) is 0.0970. The van der Waals surface area contributed by atoms with Crippen LogP contribution in [0, 0.1) is 5.92 Å².